The smallest absolute Gasteiger partial charge is 0.263 e. The van der Waals surface area contributed by atoms with Crippen LogP contribution in [0.15, 0.2) is 71.3 Å². The van der Waals surface area contributed by atoms with E-state index in [0.29, 0.717) is 22.4 Å². The van der Waals surface area contributed by atoms with E-state index in [9.17, 15) is 23.2 Å². The number of carbonyl (C=O) groups excluding carboxylic acids is 3. The minimum Gasteiger partial charge on any atom is -0.489 e. The molecule has 0 saturated heterocycles. The van der Waals surface area contributed by atoms with Gasteiger partial charge in [-0.25, -0.2) is 19.7 Å². The molecular weight excluding hydrogens is 528 g/mol. The van der Waals surface area contributed by atoms with Crippen molar-refractivity contribution in [2.24, 2.45) is 0 Å². The largest absolute Gasteiger partial charge is 0.489 e. The Labute approximate surface area is 227 Å². The van der Waals surface area contributed by atoms with Crippen LogP contribution in [0.2, 0.25) is 0 Å². The Balaban J connectivity index is 1.45. The topological polar surface area (TPSA) is 119 Å². The fraction of sp³-hybridized carbons (Fsp3) is 0.179. The van der Waals surface area contributed by atoms with Crippen LogP contribution in [0.25, 0.3) is 22.1 Å². The number of amides is 3. The maximum Gasteiger partial charge on any atom is 0.263 e. The van der Waals surface area contributed by atoms with Gasteiger partial charge in [0, 0.05) is 11.1 Å². The first kappa shape index (κ1) is 28.2. The minimum atomic E-state index is -0.976. The summed E-state index contributed by atoms with van der Waals surface area (Å²) in [5.41, 5.74) is 6.34. The molecule has 3 amide bonds. The van der Waals surface area contributed by atoms with Gasteiger partial charge < -0.3 is 14.1 Å². The highest BCUT2D eigenvalue weighted by molar-refractivity contribution is 5.98. The predicted octanol–water partition coefficient (Wildman–Crippen LogP) is 3.75. The number of nitrogens with one attached hydrogen (secondary N) is 2. The van der Waals surface area contributed by atoms with Crippen LogP contribution in [0.5, 0.6) is 5.75 Å². The maximum absolute atomic E-state index is 14.1. The average molecular weight is 554 g/mol. The van der Waals surface area contributed by atoms with Crippen molar-refractivity contribution in [1.82, 2.24) is 15.9 Å². The maximum atomic E-state index is 14.1. The molecule has 0 aliphatic rings. The number of benzene rings is 3. The molecule has 10 nitrogen and oxygen atoms in total. The Kier molecular flexibility index (Phi) is 9.04. The van der Waals surface area contributed by atoms with Gasteiger partial charge in [0.15, 0.2) is 11.6 Å². The van der Waals surface area contributed by atoms with Gasteiger partial charge in [-0.2, -0.15) is 0 Å². The molecule has 0 aliphatic heterocycles. The highest BCUT2D eigenvalue weighted by Gasteiger charge is 2.22. The van der Waals surface area contributed by atoms with Crippen molar-refractivity contribution >= 4 is 28.7 Å². The highest BCUT2D eigenvalue weighted by atomic mass is 19.2. The normalized spacial score (nSPS) is 10.8. The Bertz CT molecular complexity index is 1500. The summed E-state index contributed by atoms with van der Waals surface area (Å²) in [5.74, 6) is -3.27. The van der Waals surface area contributed by atoms with E-state index in [2.05, 4.69) is 20.6 Å². The molecule has 1 aromatic heterocycles. The van der Waals surface area contributed by atoms with Crippen molar-refractivity contribution < 1.29 is 42.0 Å². The number of ether oxygens (including phenoxy) is 1. The summed E-state index contributed by atoms with van der Waals surface area (Å²) in [6.07, 6.45) is 1.30. The van der Waals surface area contributed by atoms with Crippen molar-refractivity contribution in [3.05, 3.63) is 89.7 Å². The van der Waals surface area contributed by atoms with Gasteiger partial charge >= 0.3 is 0 Å². The molecule has 12 heteroatoms. The number of fused-ring (bicyclic) bond motifs is 1. The van der Waals surface area contributed by atoms with Crippen LogP contribution >= 0.6 is 0 Å². The lowest BCUT2D eigenvalue weighted by Crippen LogP contribution is -2.45. The zero-order valence-corrected chi connectivity index (χ0v) is 21.5. The summed E-state index contributed by atoms with van der Waals surface area (Å²) >= 11 is 0. The summed E-state index contributed by atoms with van der Waals surface area (Å²) in [7, 11) is 2.50. The van der Waals surface area contributed by atoms with E-state index in [-0.39, 0.29) is 23.1 Å². The van der Waals surface area contributed by atoms with Crippen molar-refractivity contribution in [1.29, 1.82) is 0 Å². The third-order valence-corrected chi connectivity index (χ3v) is 5.76. The van der Waals surface area contributed by atoms with Crippen molar-refractivity contribution in [2.75, 3.05) is 27.3 Å². The third-order valence-electron chi connectivity index (χ3n) is 5.76. The third kappa shape index (κ3) is 6.60. The Morgan fingerprint density at radius 1 is 0.900 bits per heavy atom. The van der Waals surface area contributed by atoms with Gasteiger partial charge in [-0.15, -0.1) is 0 Å². The Morgan fingerprint density at radius 3 is 2.23 bits per heavy atom. The number of carbonyl (C=O) groups is 3. The molecule has 40 heavy (non-hydrogen) atoms. The second kappa shape index (κ2) is 12.8. The summed E-state index contributed by atoms with van der Waals surface area (Å²) in [6.45, 7) is -0.763. The van der Waals surface area contributed by atoms with Gasteiger partial charge in [0.1, 0.15) is 31.0 Å². The fourth-order valence-corrected chi connectivity index (χ4v) is 4.00. The quantitative estimate of drug-likeness (QED) is 0.272. The minimum absolute atomic E-state index is 0.0574. The molecule has 0 aliphatic carbocycles. The van der Waals surface area contributed by atoms with Gasteiger partial charge in [0.25, 0.3) is 17.7 Å². The molecule has 208 valence electrons. The van der Waals surface area contributed by atoms with Crippen LogP contribution in [0, 0.1) is 11.6 Å². The van der Waals surface area contributed by atoms with Gasteiger partial charge in [-0.05, 0) is 47.5 Å². The van der Waals surface area contributed by atoms with Gasteiger partial charge in [0.05, 0.1) is 25.9 Å². The van der Waals surface area contributed by atoms with E-state index >= 15 is 0 Å². The molecule has 1 heterocycles. The molecule has 0 saturated carbocycles. The Hall–Kier alpha value is -4.81. The molecular formula is C28H25F2N3O7. The average Bonchev–Trinajstić information content (AvgIpc) is 3.44. The molecule has 0 radical (unpaired) electrons. The predicted molar refractivity (Wildman–Crippen MR) is 139 cm³/mol. The SMILES string of the molecule is CONC(=O)CN(CC(=O)NOC)C(=O)c1cccc(COc2ccc(-c3cc(F)c(F)c4ccoc34)cc2)c1. The summed E-state index contributed by atoms with van der Waals surface area (Å²) in [4.78, 5) is 47.3. The van der Waals surface area contributed by atoms with Crippen molar-refractivity contribution in [3.8, 4) is 16.9 Å². The van der Waals surface area contributed by atoms with Crippen LogP contribution in [-0.2, 0) is 25.9 Å². The number of furan rings is 1. The summed E-state index contributed by atoms with van der Waals surface area (Å²) in [5, 5.41) is 0.0574. The molecule has 0 bridgehead atoms. The number of nitrogens with zero attached hydrogens (tertiary/aromatic N) is 1. The second-order valence-electron chi connectivity index (χ2n) is 8.52. The molecule has 0 unspecified atom stereocenters. The first-order chi connectivity index (χ1) is 19.3. The van der Waals surface area contributed by atoms with E-state index < -0.39 is 42.4 Å². The molecule has 2 N–H and O–H groups in total. The zero-order valence-electron chi connectivity index (χ0n) is 21.5. The number of rotatable bonds is 11. The van der Waals surface area contributed by atoms with Crippen LogP contribution in [0.4, 0.5) is 8.78 Å². The van der Waals surface area contributed by atoms with Gasteiger partial charge in [0.2, 0.25) is 0 Å². The van der Waals surface area contributed by atoms with E-state index in [1.54, 1.807) is 48.5 Å². The number of hydrogen-bond acceptors (Lipinski definition) is 7. The van der Waals surface area contributed by atoms with Crippen molar-refractivity contribution in [2.45, 2.75) is 6.61 Å². The van der Waals surface area contributed by atoms with E-state index in [1.165, 1.54) is 26.5 Å². The van der Waals surface area contributed by atoms with E-state index in [4.69, 9.17) is 9.15 Å². The first-order valence-electron chi connectivity index (χ1n) is 11.9. The van der Waals surface area contributed by atoms with Crippen LogP contribution in [0.3, 0.4) is 0 Å². The summed E-state index contributed by atoms with van der Waals surface area (Å²) in [6, 6.07) is 15.7. The fourth-order valence-electron chi connectivity index (χ4n) is 4.00. The van der Waals surface area contributed by atoms with Gasteiger partial charge in [-0.1, -0.05) is 24.3 Å². The number of hydrogen-bond donors (Lipinski definition) is 2. The highest BCUT2D eigenvalue weighted by Crippen LogP contribution is 2.33. The molecule has 4 aromatic rings. The first-order valence-corrected chi connectivity index (χ1v) is 11.9. The lowest BCUT2D eigenvalue weighted by atomic mass is 10.0. The molecule has 4 rings (SSSR count). The molecule has 3 aromatic carbocycles. The lowest BCUT2D eigenvalue weighted by Gasteiger charge is -2.21. The lowest BCUT2D eigenvalue weighted by molar-refractivity contribution is -0.134. The van der Waals surface area contributed by atoms with E-state index in [1.807, 2.05) is 0 Å². The van der Waals surface area contributed by atoms with Crippen LogP contribution in [-0.4, -0.2) is 49.9 Å². The van der Waals surface area contributed by atoms with Crippen molar-refractivity contribution in [3.63, 3.8) is 0 Å². The standard InChI is InChI=1S/C28H25F2N3O7/c1-37-31-24(34)14-33(15-25(35)32-38-2)28(36)19-5-3-4-17(12-19)16-40-20-8-6-18(7-9-20)22-13-23(29)26(30)21-10-11-39-27(21)22/h3-13H,14-16H2,1-2H3,(H,31,34)(H,32,35). The monoisotopic (exact) mass is 553 g/mol. The zero-order chi connectivity index (χ0) is 28.6. The van der Waals surface area contributed by atoms with E-state index in [0.717, 1.165) is 11.0 Å². The van der Waals surface area contributed by atoms with Gasteiger partial charge in [-0.3, -0.25) is 24.1 Å². The molecule has 0 fully saturated rings. The number of halogens is 2. The van der Waals surface area contributed by atoms with Crippen LogP contribution < -0.4 is 15.7 Å². The second-order valence-corrected chi connectivity index (χ2v) is 8.52. The number of hydroxylamine groups is 2. The Morgan fingerprint density at radius 2 is 1.57 bits per heavy atom. The van der Waals surface area contributed by atoms with Crippen LogP contribution in [0.1, 0.15) is 15.9 Å². The molecule has 0 spiro atoms. The molecule has 0 atom stereocenters. The summed E-state index contributed by atoms with van der Waals surface area (Å²) < 4.78 is 39.3.